The number of halogens is 3. The maximum atomic E-state index is 12.9. The highest BCUT2D eigenvalue weighted by Gasteiger charge is 2.36. The van der Waals surface area contributed by atoms with Crippen LogP contribution in [0.5, 0.6) is 0 Å². The number of hydrazine groups is 1. The van der Waals surface area contributed by atoms with Gasteiger partial charge < -0.3 is 0 Å². The summed E-state index contributed by atoms with van der Waals surface area (Å²) in [7, 11) is 0. The minimum Gasteiger partial charge on any atom is -0.267 e. The average Bonchev–Trinajstić information content (AvgIpc) is 3.16. The van der Waals surface area contributed by atoms with E-state index in [-0.39, 0.29) is 11.3 Å². The van der Waals surface area contributed by atoms with E-state index in [4.69, 9.17) is 0 Å². The zero-order chi connectivity index (χ0) is 19.2. The Morgan fingerprint density at radius 3 is 2.52 bits per heavy atom. The van der Waals surface area contributed by atoms with Gasteiger partial charge in [0.25, 0.3) is 11.8 Å². The summed E-state index contributed by atoms with van der Waals surface area (Å²) < 4.78 is 39.7. The van der Waals surface area contributed by atoms with Crippen molar-refractivity contribution in [1.82, 2.24) is 5.43 Å². The molecule has 0 bridgehead atoms. The molecule has 1 fully saturated rings. The van der Waals surface area contributed by atoms with E-state index in [0.29, 0.717) is 4.88 Å². The summed E-state index contributed by atoms with van der Waals surface area (Å²) in [6, 6.07) is 13.7. The van der Waals surface area contributed by atoms with E-state index in [9.17, 15) is 22.8 Å². The van der Waals surface area contributed by atoms with Gasteiger partial charge in [-0.25, -0.2) is 5.01 Å². The van der Waals surface area contributed by atoms with Gasteiger partial charge in [0, 0.05) is 9.58 Å². The summed E-state index contributed by atoms with van der Waals surface area (Å²) in [5.74, 6) is -1.35. The lowest BCUT2D eigenvalue weighted by atomic mass is 10.1. The lowest BCUT2D eigenvalue weighted by molar-refractivity contribution is -0.137. The Labute approximate surface area is 155 Å². The fourth-order valence-corrected chi connectivity index (χ4v) is 3.78. The molecule has 0 spiro atoms. The number of carbonyl (C=O) groups excluding carboxylic acids is 2. The lowest BCUT2D eigenvalue weighted by Crippen LogP contribution is -2.35. The molecule has 2 heterocycles. The van der Waals surface area contributed by atoms with Crippen LogP contribution in [0.25, 0.3) is 16.2 Å². The third-order valence-electron chi connectivity index (χ3n) is 4.05. The molecule has 2 amide bonds. The van der Waals surface area contributed by atoms with Crippen molar-refractivity contribution in [3.8, 4) is 0 Å². The molecule has 0 unspecified atom stereocenters. The highest BCUT2D eigenvalue weighted by Crippen LogP contribution is 2.33. The van der Waals surface area contributed by atoms with E-state index in [2.05, 4.69) is 5.43 Å². The van der Waals surface area contributed by atoms with Crippen molar-refractivity contribution in [2.75, 3.05) is 5.01 Å². The zero-order valence-corrected chi connectivity index (χ0v) is 14.4. The van der Waals surface area contributed by atoms with Crippen molar-refractivity contribution in [1.29, 1.82) is 0 Å². The molecule has 136 valence electrons. The molecule has 2 aromatic carbocycles. The Bertz CT molecular complexity index is 1070. The van der Waals surface area contributed by atoms with Gasteiger partial charge >= 0.3 is 6.18 Å². The number of hydrogen-bond donors (Lipinski definition) is 1. The Morgan fingerprint density at radius 2 is 1.78 bits per heavy atom. The number of nitrogens with one attached hydrogen (secondary N) is 1. The number of thiophene rings is 1. The number of fused-ring (bicyclic) bond motifs is 1. The fraction of sp³-hybridized carbons (Fsp3) is 0.0526. The molecule has 1 N–H and O–H groups in total. The third-order valence-corrected chi connectivity index (χ3v) is 5.12. The molecule has 0 aliphatic carbocycles. The van der Waals surface area contributed by atoms with Crippen LogP contribution in [0.3, 0.4) is 0 Å². The summed E-state index contributed by atoms with van der Waals surface area (Å²) in [6.07, 6.45) is -3.09. The van der Waals surface area contributed by atoms with Crippen LogP contribution in [0.15, 0.2) is 60.2 Å². The summed E-state index contributed by atoms with van der Waals surface area (Å²) in [5, 5.41) is 1.81. The Balaban J connectivity index is 1.68. The van der Waals surface area contributed by atoms with E-state index in [1.165, 1.54) is 29.5 Å². The first-order valence-electron chi connectivity index (χ1n) is 7.86. The first-order valence-corrected chi connectivity index (χ1v) is 8.67. The van der Waals surface area contributed by atoms with Gasteiger partial charge in [-0.3, -0.25) is 15.0 Å². The summed E-state index contributed by atoms with van der Waals surface area (Å²) >= 11 is 1.42. The number of alkyl halides is 3. The van der Waals surface area contributed by atoms with E-state index in [1.807, 2.05) is 30.3 Å². The van der Waals surface area contributed by atoms with Crippen LogP contribution >= 0.6 is 11.3 Å². The SMILES string of the molecule is O=C1NN(c2cccc(C(F)(F)F)c2)C(=O)/C1=C/c1cc2ccccc2s1. The molecule has 27 heavy (non-hydrogen) atoms. The first-order chi connectivity index (χ1) is 12.8. The van der Waals surface area contributed by atoms with Crippen molar-refractivity contribution in [3.05, 3.63) is 70.6 Å². The standard InChI is InChI=1S/C19H11F3N2O2S/c20-19(21,22)12-5-3-6-13(9-12)24-18(26)15(17(25)23-24)10-14-8-11-4-1-2-7-16(11)27-14/h1-10H,(H,23,25)/b15-10+. The molecule has 3 aromatic rings. The number of rotatable bonds is 2. The van der Waals surface area contributed by atoms with Crippen molar-refractivity contribution < 1.29 is 22.8 Å². The monoisotopic (exact) mass is 388 g/mol. The highest BCUT2D eigenvalue weighted by atomic mass is 32.1. The van der Waals surface area contributed by atoms with Gasteiger partial charge in [-0.2, -0.15) is 13.2 Å². The molecule has 0 atom stereocenters. The van der Waals surface area contributed by atoms with Crippen molar-refractivity contribution in [2.45, 2.75) is 6.18 Å². The molecule has 1 aliphatic rings. The Kier molecular flexibility index (Phi) is 4.00. The molecular formula is C19H11F3N2O2S. The number of benzene rings is 2. The van der Waals surface area contributed by atoms with Crippen LogP contribution in [-0.2, 0) is 15.8 Å². The van der Waals surface area contributed by atoms with Gasteiger partial charge in [0.1, 0.15) is 5.57 Å². The fourth-order valence-electron chi connectivity index (χ4n) is 2.78. The number of amides is 2. The van der Waals surface area contributed by atoms with Crippen molar-refractivity contribution in [3.63, 3.8) is 0 Å². The Hall–Kier alpha value is -3.13. The number of carbonyl (C=O) groups is 2. The van der Waals surface area contributed by atoms with Crippen LogP contribution in [0.1, 0.15) is 10.4 Å². The molecule has 1 saturated heterocycles. The van der Waals surface area contributed by atoms with Crippen LogP contribution in [0.4, 0.5) is 18.9 Å². The zero-order valence-electron chi connectivity index (χ0n) is 13.6. The normalized spacial score (nSPS) is 16.4. The molecule has 1 aliphatic heterocycles. The second-order valence-corrected chi connectivity index (χ2v) is 6.99. The summed E-state index contributed by atoms with van der Waals surface area (Å²) in [6.45, 7) is 0. The second kappa shape index (κ2) is 6.24. The molecule has 1 aromatic heterocycles. The van der Waals surface area contributed by atoms with Gasteiger partial charge in [-0.1, -0.05) is 24.3 Å². The van der Waals surface area contributed by atoms with Gasteiger partial charge in [-0.15, -0.1) is 11.3 Å². The minimum absolute atomic E-state index is 0.0529. The van der Waals surface area contributed by atoms with Crippen LogP contribution in [0, 0.1) is 0 Å². The van der Waals surface area contributed by atoms with Gasteiger partial charge in [-0.05, 0) is 41.8 Å². The van der Waals surface area contributed by atoms with E-state index in [1.54, 1.807) is 0 Å². The number of hydrogen-bond acceptors (Lipinski definition) is 3. The summed E-state index contributed by atoms with van der Waals surface area (Å²) in [5.41, 5.74) is 1.24. The maximum Gasteiger partial charge on any atom is 0.416 e. The second-order valence-electron chi connectivity index (χ2n) is 5.87. The molecular weight excluding hydrogens is 377 g/mol. The molecule has 4 rings (SSSR count). The highest BCUT2D eigenvalue weighted by molar-refractivity contribution is 7.19. The van der Waals surface area contributed by atoms with E-state index >= 15 is 0 Å². The molecule has 4 nitrogen and oxygen atoms in total. The van der Waals surface area contributed by atoms with Crippen LogP contribution in [0.2, 0.25) is 0 Å². The van der Waals surface area contributed by atoms with Gasteiger partial charge in [0.15, 0.2) is 0 Å². The topological polar surface area (TPSA) is 49.4 Å². The molecule has 8 heteroatoms. The van der Waals surface area contributed by atoms with Crippen LogP contribution < -0.4 is 10.4 Å². The Morgan fingerprint density at radius 1 is 1.00 bits per heavy atom. The quantitative estimate of drug-likeness (QED) is 0.523. The minimum atomic E-state index is -4.54. The predicted octanol–water partition coefficient (Wildman–Crippen LogP) is 4.38. The van der Waals surface area contributed by atoms with Crippen molar-refractivity contribution >= 4 is 45.0 Å². The number of nitrogens with zero attached hydrogens (tertiary/aromatic N) is 1. The third kappa shape index (κ3) is 3.19. The number of anilines is 1. The van der Waals surface area contributed by atoms with Gasteiger partial charge in [0.2, 0.25) is 0 Å². The lowest BCUT2D eigenvalue weighted by Gasteiger charge is -2.16. The van der Waals surface area contributed by atoms with Crippen molar-refractivity contribution in [2.24, 2.45) is 0 Å². The first kappa shape index (κ1) is 17.3. The maximum absolute atomic E-state index is 12.9. The average molecular weight is 388 g/mol. The van der Waals surface area contributed by atoms with E-state index < -0.39 is 23.6 Å². The molecule has 0 radical (unpaired) electrons. The predicted molar refractivity (Wildman–Crippen MR) is 96.9 cm³/mol. The van der Waals surface area contributed by atoms with Gasteiger partial charge in [0.05, 0.1) is 11.3 Å². The van der Waals surface area contributed by atoms with E-state index in [0.717, 1.165) is 27.2 Å². The summed E-state index contributed by atoms with van der Waals surface area (Å²) in [4.78, 5) is 25.5. The smallest absolute Gasteiger partial charge is 0.267 e. The largest absolute Gasteiger partial charge is 0.416 e. The van der Waals surface area contributed by atoms with Crippen LogP contribution in [-0.4, -0.2) is 11.8 Å². The molecule has 0 saturated carbocycles.